The summed E-state index contributed by atoms with van der Waals surface area (Å²) in [5.74, 6) is 2.12. The first-order chi connectivity index (χ1) is 8.58. The molecule has 6 heteroatoms. The lowest BCUT2D eigenvalue weighted by Crippen LogP contribution is -2.14. The molecule has 0 spiro atoms. The lowest BCUT2D eigenvalue weighted by Gasteiger charge is -2.08. The van der Waals surface area contributed by atoms with Crippen molar-refractivity contribution in [3.8, 4) is 0 Å². The zero-order chi connectivity index (χ0) is 13.1. The van der Waals surface area contributed by atoms with E-state index in [4.69, 9.17) is 0 Å². The minimum Gasteiger partial charge on any atom is -0.370 e. The average molecular weight is 249 g/mol. The Hall–Kier alpha value is -1.85. The molecule has 2 N–H and O–H groups in total. The van der Waals surface area contributed by atoms with E-state index < -0.39 is 0 Å². The Bertz CT molecular complexity index is 584. The topological polar surface area (TPSA) is 75.1 Å². The van der Waals surface area contributed by atoms with E-state index in [0.717, 1.165) is 18.8 Å². The van der Waals surface area contributed by atoms with E-state index in [1.54, 1.807) is 13.0 Å². The van der Waals surface area contributed by atoms with Crippen molar-refractivity contribution in [1.82, 2.24) is 19.6 Å². The summed E-state index contributed by atoms with van der Waals surface area (Å²) in [6.45, 7) is 7.11. The van der Waals surface area contributed by atoms with E-state index in [2.05, 4.69) is 34.3 Å². The van der Waals surface area contributed by atoms with Gasteiger partial charge in [0.05, 0.1) is 0 Å². The Kier molecular flexibility index (Phi) is 3.64. The van der Waals surface area contributed by atoms with Gasteiger partial charge in [-0.1, -0.05) is 13.8 Å². The summed E-state index contributed by atoms with van der Waals surface area (Å²) in [5, 5.41) is 9.62. The summed E-state index contributed by atoms with van der Waals surface area (Å²) in [4.78, 5) is 15.8. The van der Waals surface area contributed by atoms with Crippen molar-refractivity contribution in [2.45, 2.75) is 33.6 Å². The number of nitrogens with one attached hydrogen (secondary N) is 2. The molecule has 6 nitrogen and oxygen atoms in total. The third kappa shape index (κ3) is 2.69. The molecule has 2 aromatic heterocycles. The maximum absolute atomic E-state index is 11.4. The number of nitrogens with zero attached hydrogens (tertiary/aromatic N) is 3. The van der Waals surface area contributed by atoms with Crippen LogP contribution in [0.5, 0.6) is 0 Å². The summed E-state index contributed by atoms with van der Waals surface area (Å²) in [6, 6.07) is 1.78. The maximum atomic E-state index is 11.4. The van der Waals surface area contributed by atoms with Crippen molar-refractivity contribution in [3.63, 3.8) is 0 Å². The molecule has 0 unspecified atom stereocenters. The molecule has 0 aliphatic carbocycles. The fraction of sp³-hybridized carbons (Fsp3) is 0.583. The largest absolute Gasteiger partial charge is 0.370 e. The Morgan fingerprint density at radius 1 is 1.50 bits per heavy atom. The summed E-state index contributed by atoms with van der Waals surface area (Å²) in [6.07, 6.45) is 2.30. The van der Waals surface area contributed by atoms with Gasteiger partial charge in [-0.3, -0.25) is 0 Å². The predicted octanol–water partition coefficient (Wildman–Crippen LogP) is 1.57. The minimum absolute atomic E-state index is 0.249. The predicted molar refractivity (Wildman–Crippen MR) is 70.9 cm³/mol. The number of rotatable bonds is 5. The number of aromatic amines is 1. The first-order valence-electron chi connectivity index (χ1n) is 6.26. The van der Waals surface area contributed by atoms with Crippen LogP contribution >= 0.6 is 0 Å². The van der Waals surface area contributed by atoms with Crippen molar-refractivity contribution in [2.75, 3.05) is 11.9 Å². The highest BCUT2D eigenvalue weighted by Crippen LogP contribution is 2.09. The van der Waals surface area contributed by atoms with Crippen molar-refractivity contribution in [3.05, 3.63) is 22.4 Å². The highest BCUT2D eigenvalue weighted by molar-refractivity contribution is 5.49. The van der Waals surface area contributed by atoms with Crippen molar-refractivity contribution < 1.29 is 0 Å². The third-order valence-electron chi connectivity index (χ3n) is 2.83. The molecule has 0 saturated heterocycles. The second-order valence-electron chi connectivity index (χ2n) is 4.87. The van der Waals surface area contributed by atoms with E-state index in [1.165, 1.54) is 10.8 Å². The molecular weight excluding hydrogens is 230 g/mol. The number of aromatic nitrogens is 4. The number of hydrogen-bond donors (Lipinski definition) is 2. The van der Waals surface area contributed by atoms with Gasteiger partial charge in [-0.25, -0.2) is 19.3 Å². The SMILES string of the molecule is Cc1nc(NCCCC(C)C)cc2n[nH]c(=O)n12. The number of hydrogen-bond acceptors (Lipinski definition) is 4. The van der Waals surface area contributed by atoms with E-state index >= 15 is 0 Å². The van der Waals surface area contributed by atoms with E-state index in [9.17, 15) is 4.79 Å². The molecule has 0 aromatic carbocycles. The number of H-pyrrole nitrogens is 1. The van der Waals surface area contributed by atoms with Crippen LogP contribution in [0.4, 0.5) is 5.82 Å². The Morgan fingerprint density at radius 3 is 3.00 bits per heavy atom. The van der Waals surface area contributed by atoms with Crippen LogP contribution in [0.15, 0.2) is 10.9 Å². The van der Waals surface area contributed by atoms with Gasteiger partial charge in [0.2, 0.25) is 0 Å². The Morgan fingerprint density at radius 2 is 2.28 bits per heavy atom. The molecule has 0 aliphatic rings. The molecule has 0 radical (unpaired) electrons. The first-order valence-corrected chi connectivity index (χ1v) is 6.26. The van der Waals surface area contributed by atoms with E-state index in [1.807, 2.05) is 0 Å². The normalized spacial score (nSPS) is 11.3. The van der Waals surface area contributed by atoms with Gasteiger partial charge in [0.25, 0.3) is 0 Å². The lowest BCUT2D eigenvalue weighted by atomic mass is 10.1. The highest BCUT2D eigenvalue weighted by Gasteiger charge is 2.06. The monoisotopic (exact) mass is 249 g/mol. The highest BCUT2D eigenvalue weighted by atomic mass is 16.1. The van der Waals surface area contributed by atoms with Gasteiger partial charge in [0, 0.05) is 12.6 Å². The summed E-state index contributed by atoms with van der Waals surface area (Å²) in [7, 11) is 0. The fourth-order valence-electron chi connectivity index (χ4n) is 1.91. The van der Waals surface area contributed by atoms with Crippen LogP contribution < -0.4 is 11.0 Å². The van der Waals surface area contributed by atoms with Crippen molar-refractivity contribution in [2.24, 2.45) is 5.92 Å². The van der Waals surface area contributed by atoms with Crippen molar-refractivity contribution in [1.29, 1.82) is 0 Å². The molecule has 0 bridgehead atoms. The smallest absolute Gasteiger partial charge is 0.349 e. The standard InChI is InChI=1S/C12H19N5O/c1-8(2)5-4-6-13-10-7-11-15-16-12(18)17(11)9(3)14-10/h7-8,13H,4-6H2,1-3H3,(H,16,18). The Labute approximate surface area is 105 Å². The summed E-state index contributed by atoms with van der Waals surface area (Å²) >= 11 is 0. The molecule has 0 aliphatic heterocycles. The van der Waals surface area contributed by atoms with Crippen LogP contribution in [-0.2, 0) is 0 Å². The Balaban J connectivity index is 2.08. The second-order valence-corrected chi connectivity index (χ2v) is 4.87. The van der Waals surface area contributed by atoms with Crippen LogP contribution in [0.1, 0.15) is 32.5 Å². The molecule has 0 amide bonds. The van der Waals surface area contributed by atoms with Gasteiger partial charge in [-0.2, -0.15) is 5.10 Å². The molecule has 2 heterocycles. The van der Waals surface area contributed by atoms with Gasteiger partial charge >= 0.3 is 5.69 Å². The van der Waals surface area contributed by atoms with Crippen LogP contribution in [0.25, 0.3) is 5.65 Å². The molecule has 98 valence electrons. The summed E-state index contributed by atoms with van der Waals surface area (Å²) < 4.78 is 1.46. The maximum Gasteiger partial charge on any atom is 0.349 e. The van der Waals surface area contributed by atoms with Gasteiger partial charge in [-0.05, 0) is 25.7 Å². The number of anilines is 1. The fourth-order valence-corrected chi connectivity index (χ4v) is 1.91. The second kappa shape index (κ2) is 5.20. The van der Waals surface area contributed by atoms with E-state index in [0.29, 0.717) is 17.4 Å². The van der Waals surface area contributed by atoms with Crippen LogP contribution in [0.3, 0.4) is 0 Å². The molecule has 0 fully saturated rings. The average Bonchev–Trinajstić information content (AvgIpc) is 2.67. The molecular formula is C12H19N5O. The molecule has 18 heavy (non-hydrogen) atoms. The quantitative estimate of drug-likeness (QED) is 0.789. The van der Waals surface area contributed by atoms with Gasteiger partial charge in [0.15, 0.2) is 5.65 Å². The third-order valence-corrected chi connectivity index (χ3v) is 2.83. The summed E-state index contributed by atoms with van der Waals surface area (Å²) in [5.41, 5.74) is 0.347. The molecule has 0 atom stereocenters. The molecule has 2 rings (SSSR count). The number of aryl methyl sites for hydroxylation is 1. The first kappa shape index (κ1) is 12.6. The molecule has 0 saturated carbocycles. The van der Waals surface area contributed by atoms with Crippen LogP contribution in [0, 0.1) is 12.8 Å². The van der Waals surface area contributed by atoms with E-state index in [-0.39, 0.29) is 5.69 Å². The zero-order valence-corrected chi connectivity index (χ0v) is 11.0. The van der Waals surface area contributed by atoms with Gasteiger partial charge in [0.1, 0.15) is 11.6 Å². The van der Waals surface area contributed by atoms with Gasteiger partial charge in [-0.15, -0.1) is 0 Å². The van der Waals surface area contributed by atoms with Crippen LogP contribution in [0.2, 0.25) is 0 Å². The van der Waals surface area contributed by atoms with Gasteiger partial charge < -0.3 is 5.32 Å². The molecule has 2 aromatic rings. The van der Waals surface area contributed by atoms with Crippen LogP contribution in [-0.4, -0.2) is 26.1 Å². The lowest BCUT2D eigenvalue weighted by molar-refractivity contribution is 0.566. The zero-order valence-electron chi connectivity index (χ0n) is 11.0. The number of fused-ring (bicyclic) bond motifs is 1. The minimum atomic E-state index is -0.249. The van der Waals surface area contributed by atoms with Crippen molar-refractivity contribution >= 4 is 11.5 Å².